The average Bonchev–Trinajstić information content (AvgIpc) is 3.12. The molecule has 0 atom stereocenters. The van der Waals surface area contributed by atoms with Crippen molar-refractivity contribution in [2.45, 2.75) is 33.2 Å². The van der Waals surface area contributed by atoms with Gasteiger partial charge >= 0.3 is 0 Å². The molecule has 0 spiro atoms. The molecule has 0 radical (unpaired) electrons. The molecule has 166 valence electrons. The minimum atomic E-state index is -3.80. The Labute approximate surface area is 182 Å². The Hall–Kier alpha value is -2.86. The molecule has 8 nitrogen and oxygen atoms in total. The highest BCUT2D eigenvalue weighted by Crippen LogP contribution is 2.31. The van der Waals surface area contributed by atoms with Gasteiger partial charge in [0.05, 0.1) is 27.2 Å². The Morgan fingerprint density at radius 1 is 1.23 bits per heavy atom. The van der Waals surface area contributed by atoms with E-state index >= 15 is 0 Å². The SMILES string of the molecule is CCCS(=O)(=O)Nc1ccc(F)c(NC(=O)c2csc3c(NC(C)C)ncnc23)c1F. The highest BCUT2D eigenvalue weighted by molar-refractivity contribution is 7.92. The van der Waals surface area contributed by atoms with Crippen LogP contribution in [0.4, 0.5) is 26.0 Å². The van der Waals surface area contributed by atoms with Crippen LogP contribution in [0.1, 0.15) is 37.6 Å². The van der Waals surface area contributed by atoms with Crippen molar-refractivity contribution in [3.8, 4) is 0 Å². The molecule has 0 aliphatic carbocycles. The smallest absolute Gasteiger partial charge is 0.258 e. The zero-order chi connectivity index (χ0) is 22.8. The number of sulfonamides is 1. The number of nitrogens with one attached hydrogen (secondary N) is 3. The van der Waals surface area contributed by atoms with Crippen molar-refractivity contribution in [2.24, 2.45) is 0 Å². The number of thiophene rings is 1. The second kappa shape index (κ2) is 9.10. The Morgan fingerprint density at radius 3 is 2.65 bits per heavy atom. The molecule has 3 N–H and O–H groups in total. The number of hydrogen-bond acceptors (Lipinski definition) is 7. The van der Waals surface area contributed by atoms with E-state index in [-0.39, 0.29) is 17.4 Å². The van der Waals surface area contributed by atoms with Gasteiger partial charge in [0, 0.05) is 11.4 Å². The van der Waals surface area contributed by atoms with Gasteiger partial charge in [0.25, 0.3) is 5.91 Å². The number of nitrogens with zero attached hydrogens (tertiary/aromatic N) is 2. The molecule has 0 unspecified atom stereocenters. The van der Waals surface area contributed by atoms with Crippen LogP contribution in [0.3, 0.4) is 0 Å². The highest BCUT2D eigenvalue weighted by Gasteiger charge is 2.22. The van der Waals surface area contributed by atoms with Crippen LogP contribution in [0, 0.1) is 11.6 Å². The van der Waals surface area contributed by atoms with Crippen molar-refractivity contribution < 1.29 is 22.0 Å². The summed E-state index contributed by atoms with van der Waals surface area (Å²) >= 11 is 1.22. The van der Waals surface area contributed by atoms with E-state index < -0.39 is 38.9 Å². The first-order chi connectivity index (χ1) is 14.6. The lowest BCUT2D eigenvalue weighted by atomic mass is 10.2. The second-order valence-corrected chi connectivity index (χ2v) is 9.73. The first-order valence-corrected chi connectivity index (χ1v) is 11.9. The number of benzene rings is 1. The van der Waals surface area contributed by atoms with Gasteiger partial charge < -0.3 is 10.6 Å². The van der Waals surface area contributed by atoms with Crippen LogP contribution in [-0.4, -0.2) is 36.1 Å². The average molecular weight is 470 g/mol. The van der Waals surface area contributed by atoms with Gasteiger partial charge in [-0.2, -0.15) is 0 Å². The molecule has 0 fully saturated rings. The summed E-state index contributed by atoms with van der Waals surface area (Å²) in [7, 11) is -3.80. The summed E-state index contributed by atoms with van der Waals surface area (Å²) in [5.41, 5.74) is -0.757. The third-order valence-corrected chi connectivity index (χ3v) is 6.54. The molecule has 12 heteroatoms. The maximum absolute atomic E-state index is 14.8. The van der Waals surface area contributed by atoms with E-state index in [1.54, 1.807) is 6.92 Å². The lowest BCUT2D eigenvalue weighted by Gasteiger charge is -2.13. The van der Waals surface area contributed by atoms with Crippen LogP contribution in [0.25, 0.3) is 10.2 Å². The molecule has 31 heavy (non-hydrogen) atoms. The van der Waals surface area contributed by atoms with E-state index in [1.807, 2.05) is 13.8 Å². The summed E-state index contributed by atoms with van der Waals surface area (Å²) in [6.07, 6.45) is 1.61. The summed E-state index contributed by atoms with van der Waals surface area (Å²) in [6.45, 7) is 5.52. The fraction of sp³-hybridized carbons (Fsp3) is 0.316. The van der Waals surface area contributed by atoms with E-state index in [0.717, 1.165) is 12.1 Å². The van der Waals surface area contributed by atoms with Crippen molar-refractivity contribution in [3.05, 3.63) is 41.0 Å². The third-order valence-electron chi connectivity index (χ3n) is 4.09. The number of halogens is 2. The normalized spacial score (nSPS) is 11.7. The van der Waals surface area contributed by atoms with Crippen LogP contribution in [0.2, 0.25) is 0 Å². The Balaban J connectivity index is 1.93. The standard InChI is InChI=1S/C19H21F2N5O3S2/c1-4-7-31(28,29)26-13-6-5-12(20)16(14(13)21)25-19(27)11-8-30-17-15(11)22-9-23-18(17)24-10(2)3/h5-6,8-10,26H,4,7H2,1-3H3,(H,25,27)(H,22,23,24). The molecule has 0 aliphatic rings. The van der Waals surface area contributed by atoms with E-state index in [2.05, 4.69) is 25.3 Å². The maximum Gasteiger partial charge on any atom is 0.258 e. The Kier molecular flexibility index (Phi) is 6.70. The van der Waals surface area contributed by atoms with E-state index in [9.17, 15) is 22.0 Å². The van der Waals surface area contributed by atoms with Gasteiger partial charge in [-0.25, -0.2) is 27.2 Å². The quantitative estimate of drug-likeness (QED) is 0.456. The molecule has 1 aromatic carbocycles. The van der Waals surface area contributed by atoms with E-state index in [4.69, 9.17) is 0 Å². The third kappa shape index (κ3) is 5.07. The van der Waals surface area contributed by atoms with Crippen LogP contribution in [0.5, 0.6) is 0 Å². The Morgan fingerprint density at radius 2 is 1.97 bits per heavy atom. The number of fused-ring (bicyclic) bond motifs is 1. The summed E-state index contributed by atoms with van der Waals surface area (Å²) in [4.78, 5) is 21.1. The van der Waals surface area contributed by atoms with Crippen LogP contribution in [-0.2, 0) is 10.0 Å². The maximum atomic E-state index is 14.8. The number of anilines is 3. The summed E-state index contributed by atoms with van der Waals surface area (Å²) in [6, 6.07) is 1.94. The van der Waals surface area contributed by atoms with Crippen molar-refractivity contribution in [1.29, 1.82) is 0 Å². The molecule has 0 aliphatic heterocycles. The predicted molar refractivity (Wildman–Crippen MR) is 118 cm³/mol. The van der Waals surface area contributed by atoms with Crippen molar-refractivity contribution in [3.63, 3.8) is 0 Å². The van der Waals surface area contributed by atoms with Gasteiger partial charge in [-0.15, -0.1) is 11.3 Å². The summed E-state index contributed by atoms with van der Waals surface area (Å²) in [5.74, 6) is -2.72. The molecule has 0 saturated heterocycles. The molecule has 1 amide bonds. The van der Waals surface area contributed by atoms with Gasteiger partial charge in [-0.05, 0) is 32.4 Å². The fourth-order valence-electron chi connectivity index (χ4n) is 2.80. The number of amides is 1. The fourth-order valence-corrected chi connectivity index (χ4v) is 4.89. The summed E-state index contributed by atoms with van der Waals surface area (Å²) in [5, 5.41) is 6.86. The number of rotatable bonds is 8. The van der Waals surface area contributed by atoms with Crippen LogP contribution < -0.4 is 15.4 Å². The lowest BCUT2D eigenvalue weighted by molar-refractivity contribution is 0.102. The zero-order valence-electron chi connectivity index (χ0n) is 17.0. The largest absolute Gasteiger partial charge is 0.367 e. The van der Waals surface area contributed by atoms with E-state index in [0.29, 0.717) is 22.5 Å². The van der Waals surface area contributed by atoms with Gasteiger partial charge in [0.2, 0.25) is 10.0 Å². The molecular weight excluding hydrogens is 448 g/mol. The predicted octanol–water partition coefficient (Wildman–Crippen LogP) is 4.19. The van der Waals surface area contributed by atoms with E-state index in [1.165, 1.54) is 23.0 Å². The monoisotopic (exact) mass is 469 g/mol. The molecule has 2 heterocycles. The molecule has 3 aromatic rings. The van der Waals surface area contributed by atoms with Crippen molar-refractivity contribution >= 4 is 54.7 Å². The highest BCUT2D eigenvalue weighted by atomic mass is 32.2. The molecule has 0 saturated carbocycles. The van der Waals surface area contributed by atoms with Crippen molar-refractivity contribution in [2.75, 3.05) is 21.1 Å². The molecule has 2 aromatic heterocycles. The molecule has 3 rings (SSSR count). The number of aromatic nitrogens is 2. The Bertz CT molecular complexity index is 1230. The zero-order valence-corrected chi connectivity index (χ0v) is 18.6. The van der Waals surface area contributed by atoms with Gasteiger partial charge in [-0.3, -0.25) is 9.52 Å². The van der Waals surface area contributed by atoms with Gasteiger partial charge in [0.1, 0.15) is 23.6 Å². The summed E-state index contributed by atoms with van der Waals surface area (Å²) < 4.78 is 55.7. The van der Waals surface area contributed by atoms with Gasteiger partial charge in [-0.1, -0.05) is 6.92 Å². The number of carbonyl (C=O) groups excluding carboxylic acids is 1. The number of carbonyl (C=O) groups is 1. The molecule has 0 bridgehead atoms. The number of hydrogen-bond donors (Lipinski definition) is 3. The topological polar surface area (TPSA) is 113 Å². The second-order valence-electron chi connectivity index (χ2n) is 7.01. The van der Waals surface area contributed by atoms with Crippen molar-refractivity contribution in [1.82, 2.24) is 9.97 Å². The minimum Gasteiger partial charge on any atom is -0.367 e. The minimum absolute atomic E-state index is 0.0971. The first kappa shape index (κ1) is 22.8. The van der Waals surface area contributed by atoms with Crippen LogP contribution >= 0.6 is 11.3 Å². The van der Waals surface area contributed by atoms with Gasteiger partial charge in [0.15, 0.2) is 5.82 Å². The lowest BCUT2D eigenvalue weighted by Crippen LogP contribution is -2.19. The van der Waals surface area contributed by atoms with Crippen LogP contribution in [0.15, 0.2) is 23.8 Å². The first-order valence-electron chi connectivity index (χ1n) is 9.41. The molecular formula is C19H21F2N5O3S2.